The Balaban J connectivity index is 1.74. The second-order valence-corrected chi connectivity index (χ2v) is 6.49. The highest BCUT2D eigenvalue weighted by Crippen LogP contribution is 2.70. The number of rotatable bonds is 3. The summed E-state index contributed by atoms with van der Waals surface area (Å²) in [6.07, 6.45) is 6.26. The third kappa shape index (κ3) is 2.13. The first-order chi connectivity index (χ1) is 11.3. The lowest BCUT2D eigenvalue weighted by Crippen LogP contribution is -2.18. The standard InChI is InChI=1S/C21H20O2/c1-23-20(22)21(14-13-15-7-3-2-4-8-15)18-12-11-16-9-5-6-10-17(16)19(18)21/h2-10,13-14,18-19H,11-12H2,1H3/b14-13+/t18-,19+,21+/m0/s1. The van der Waals surface area contributed by atoms with Gasteiger partial charge in [-0.2, -0.15) is 0 Å². The second kappa shape index (κ2) is 5.38. The first kappa shape index (κ1) is 14.3. The van der Waals surface area contributed by atoms with Gasteiger partial charge >= 0.3 is 5.97 Å². The van der Waals surface area contributed by atoms with Crippen LogP contribution in [0.25, 0.3) is 6.08 Å². The summed E-state index contributed by atoms with van der Waals surface area (Å²) in [6.45, 7) is 0. The van der Waals surface area contributed by atoms with Crippen molar-refractivity contribution in [1.29, 1.82) is 0 Å². The average Bonchev–Trinajstić information content (AvgIpc) is 3.30. The summed E-state index contributed by atoms with van der Waals surface area (Å²) in [5.41, 5.74) is 3.34. The van der Waals surface area contributed by atoms with Gasteiger partial charge in [0.25, 0.3) is 0 Å². The minimum absolute atomic E-state index is 0.101. The predicted molar refractivity (Wildman–Crippen MR) is 90.9 cm³/mol. The van der Waals surface area contributed by atoms with E-state index in [-0.39, 0.29) is 11.9 Å². The molecule has 2 heteroatoms. The first-order valence-electron chi connectivity index (χ1n) is 8.18. The monoisotopic (exact) mass is 304 g/mol. The maximum Gasteiger partial charge on any atom is 0.316 e. The predicted octanol–water partition coefficient (Wildman–Crippen LogP) is 4.22. The molecule has 0 saturated heterocycles. The molecule has 3 atom stereocenters. The van der Waals surface area contributed by atoms with E-state index in [1.807, 2.05) is 18.2 Å². The molecule has 23 heavy (non-hydrogen) atoms. The van der Waals surface area contributed by atoms with Crippen LogP contribution in [0.15, 0.2) is 60.7 Å². The lowest BCUT2D eigenvalue weighted by Gasteiger charge is -2.13. The van der Waals surface area contributed by atoms with Crippen molar-refractivity contribution >= 4 is 12.0 Å². The molecular weight excluding hydrogens is 284 g/mol. The van der Waals surface area contributed by atoms with Crippen molar-refractivity contribution in [2.24, 2.45) is 11.3 Å². The SMILES string of the molecule is COC(=O)[C@@]1(/C=C/c2ccccc2)[C@@H]2c3ccccc3CC[C@@H]21. The maximum atomic E-state index is 12.6. The van der Waals surface area contributed by atoms with E-state index in [1.165, 1.54) is 18.2 Å². The molecule has 1 fully saturated rings. The van der Waals surface area contributed by atoms with Gasteiger partial charge in [-0.15, -0.1) is 0 Å². The zero-order valence-corrected chi connectivity index (χ0v) is 13.2. The van der Waals surface area contributed by atoms with Gasteiger partial charge in [-0.1, -0.05) is 66.7 Å². The van der Waals surface area contributed by atoms with Gasteiger partial charge in [0.2, 0.25) is 0 Å². The maximum absolute atomic E-state index is 12.6. The topological polar surface area (TPSA) is 26.3 Å². The largest absolute Gasteiger partial charge is 0.468 e. The number of methoxy groups -OCH3 is 1. The van der Waals surface area contributed by atoms with Crippen molar-refractivity contribution in [3.8, 4) is 0 Å². The van der Waals surface area contributed by atoms with Crippen LogP contribution >= 0.6 is 0 Å². The normalized spacial score (nSPS) is 28.0. The number of hydrogen-bond donors (Lipinski definition) is 0. The van der Waals surface area contributed by atoms with E-state index in [0.717, 1.165) is 18.4 Å². The van der Waals surface area contributed by atoms with Crippen LogP contribution in [0.4, 0.5) is 0 Å². The van der Waals surface area contributed by atoms with Crippen LogP contribution < -0.4 is 0 Å². The van der Waals surface area contributed by atoms with Crippen LogP contribution in [0.1, 0.15) is 29.0 Å². The number of benzene rings is 2. The third-order valence-electron chi connectivity index (χ3n) is 5.43. The zero-order chi connectivity index (χ0) is 15.9. The van der Waals surface area contributed by atoms with Gasteiger partial charge in [-0.3, -0.25) is 4.79 Å². The summed E-state index contributed by atoms with van der Waals surface area (Å²) >= 11 is 0. The van der Waals surface area contributed by atoms with Crippen LogP contribution in [-0.4, -0.2) is 13.1 Å². The van der Waals surface area contributed by atoms with E-state index in [0.29, 0.717) is 5.92 Å². The molecule has 1 saturated carbocycles. The molecule has 0 unspecified atom stereocenters. The number of fused-ring (bicyclic) bond motifs is 3. The summed E-state index contributed by atoms with van der Waals surface area (Å²) in [5.74, 6) is 0.529. The van der Waals surface area contributed by atoms with Crippen molar-refractivity contribution in [3.63, 3.8) is 0 Å². The van der Waals surface area contributed by atoms with Crippen LogP contribution in [0.3, 0.4) is 0 Å². The van der Waals surface area contributed by atoms with Crippen LogP contribution in [-0.2, 0) is 16.0 Å². The summed E-state index contributed by atoms with van der Waals surface area (Å²) < 4.78 is 5.18. The molecule has 2 aliphatic rings. The van der Waals surface area contributed by atoms with Gasteiger partial charge in [-0.05, 0) is 35.4 Å². The van der Waals surface area contributed by atoms with Gasteiger partial charge in [-0.25, -0.2) is 0 Å². The number of aryl methyl sites for hydroxylation is 1. The molecule has 0 heterocycles. The molecule has 116 valence electrons. The van der Waals surface area contributed by atoms with Crippen LogP contribution in [0.5, 0.6) is 0 Å². The number of carbonyl (C=O) groups is 1. The number of esters is 1. The van der Waals surface area contributed by atoms with Gasteiger partial charge in [0.1, 0.15) is 0 Å². The van der Waals surface area contributed by atoms with Crippen LogP contribution in [0.2, 0.25) is 0 Å². The summed E-state index contributed by atoms with van der Waals surface area (Å²) in [4.78, 5) is 12.6. The molecule has 0 bridgehead atoms. The molecule has 4 rings (SSSR count). The van der Waals surface area contributed by atoms with E-state index in [9.17, 15) is 4.79 Å². The van der Waals surface area contributed by atoms with E-state index in [2.05, 4.69) is 48.6 Å². The Labute approximate surface area is 136 Å². The minimum atomic E-state index is -0.489. The Morgan fingerprint density at radius 2 is 1.87 bits per heavy atom. The fraction of sp³-hybridized carbons (Fsp3) is 0.286. The fourth-order valence-electron chi connectivity index (χ4n) is 4.29. The molecule has 2 aromatic carbocycles. The van der Waals surface area contributed by atoms with E-state index in [4.69, 9.17) is 4.74 Å². The van der Waals surface area contributed by atoms with Crippen LogP contribution in [0, 0.1) is 11.3 Å². The van der Waals surface area contributed by atoms with Crippen molar-refractivity contribution < 1.29 is 9.53 Å². The number of hydrogen-bond acceptors (Lipinski definition) is 2. The average molecular weight is 304 g/mol. The summed E-state index contributed by atoms with van der Waals surface area (Å²) in [5, 5.41) is 0. The van der Waals surface area contributed by atoms with E-state index in [1.54, 1.807) is 0 Å². The van der Waals surface area contributed by atoms with Crippen molar-refractivity contribution in [2.45, 2.75) is 18.8 Å². The van der Waals surface area contributed by atoms with Gasteiger partial charge < -0.3 is 4.74 Å². The lowest BCUT2D eigenvalue weighted by atomic mass is 9.91. The minimum Gasteiger partial charge on any atom is -0.468 e. The highest BCUT2D eigenvalue weighted by molar-refractivity contribution is 5.87. The molecule has 0 N–H and O–H groups in total. The Bertz CT molecular complexity index is 762. The molecule has 0 aromatic heterocycles. The fourth-order valence-corrected chi connectivity index (χ4v) is 4.29. The first-order valence-corrected chi connectivity index (χ1v) is 8.18. The summed E-state index contributed by atoms with van der Waals surface area (Å²) in [7, 11) is 1.50. The highest BCUT2D eigenvalue weighted by Gasteiger charge is 2.70. The molecule has 2 nitrogen and oxygen atoms in total. The van der Waals surface area contributed by atoms with Crippen molar-refractivity contribution in [1.82, 2.24) is 0 Å². The molecule has 2 aliphatic carbocycles. The highest BCUT2D eigenvalue weighted by atomic mass is 16.5. The molecule has 0 amide bonds. The lowest BCUT2D eigenvalue weighted by molar-refractivity contribution is -0.145. The van der Waals surface area contributed by atoms with Gasteiger partial charge in [0.05, 0.1) is 12.5 Å². The number of ether oxygens (including phenoxy) is 1. The van der Waals surface area contributed by atoms with Crippen molar-refractivity contribution in [2.75, 3.05) is 7.11 Å². The van der Waals surface area contributed by atoms with Gasteiger partial charge in [0, 0.05) is 5.92 Å². The zero-order valence-electron chi connectivity index (χ0n) is 13.2. The van der Waals surface area contributed by atoms with E-state index >= 15 is 0 Å². The Morgan fingerprint density at radius 1 is 1.13 bits per heavy atom. The molecule has 0 radical (unpaired) electrons. The Hall–Kier alpha value is -2.35. The quantitative estimate of drug-likeness (QED) is 0.794. The third-order valence-corrected chi connectivity index (χ3v) is 5.43. The second-order valence-electron chi connectivity index (χ2n) is 6.49. The number of carbonyl (C=O) groups excluding carboxylic acids is 1. The Kier molecular flexibility index (Phi) is 3.33. The molecule has 0 spiro atoms. The molecule has 2 aromatic rings. The van der Waals surface area contributed by atoms with E-state index < -0.39 is 5.41 Å². The Morgan fingerprint density at radius 3 is 2.65 bits per heavy atom. The van der Waals surface area contributed by atoms with Gasteiger partial charge in [0.15, 0.2) is 0 Å². The smallest absolute Gasteiger partial charge is 0.316 e. The molecule has 0 aliphatic heterocycles. The molecular formula is C21H20O2. The van der Waals surface area contributed by atoms with Crippen molar-refractivity contribution in [3.05, 3.63) is 77.4 Å². The summed E-state index contributed by atoms with van der Waals surface area (Å²) in [6, 6.07) is 18.7.